The first-order valence-corrected chi connectivity index (χ1v) is 8.89. The second-order valence-corrected chi connectivity index (χ2v) is 6.85. The first-order chi connectivity index (χ1) is 12.9. The summed E-state index contributed by atoms with van der Waals surface area (Å²) in [5.74, 6) is -1.01. The molecule has 27 heavy (non-hydrogen) atoms. The number of hydrogen-bond donors (Lipinski definition) is 1. The fraction of sp³-hybridized carbons (Fsp3) is 0.421. The highest BCUT2D eigenvalue weighted by atomic mass is 16.6. The largest absolute Gasteiger partial charge is 0.433 e. The Morgan fingerprint density at radius 3 is 2.37 bits per heavy atom. The van der Waals surface area contributed by atoms with E-state index in [4.69, 9.17) is 9.15 Å². The third-order valence-electron chi connectivity index (χ3n) is 4.37. The lowest BCUT2D eigenvalue weighted by atomic mass is 10.1. The van der Waals surface area contributed by atoms with Gasteiger partial charge < -0.3 is 14.5 Å². The Hall–Kier alpha value is -2.71. The molecule has 2 aromatic rings. The lowest BCUT2D eigenvalue weighted by molar-refractivity contribution is -0.402. The molecule has 3 rings (SSSR count). The minimum atomic E-state index is -0.675. The first-order valence-electron chi connectivity index (χ1n) is 8.89. The fourth-order valence-corrected chi connectivity index (χ4v) is 3.25. The molecular weight excluding hydrogens is 350 g/mol. The number of rotatable bonds is 6. The van der Waals surface area contributed by atoms with Gasteiger partial charge in [0.2, 0.25) is 0 Å². The first kappa shape index (κ1) is 19.1. The Labute approximate surface area is 157 Å². The second kappa shape index (κ2) is 8.32. The summed E-state index contributed by atoms with van der Waals surface area (Å²) in [7, 11) is 0. The number of carbonyl (C=O) groups is 1. The summed E-state index contributed by atoms with van der Waals surface area (Å²) in [5, 5.41) is 13.3. The highest BCUT2D eigenvalue weighted by molar-refractivity contribution is 5.91. The highest BCUT2D eigenvalue weighted by Crippen LogP contribution is 2.16. The van der Waals surface area contributed by atoms with Gasteiger partial charge in [0, 0.05) is 26.2 Å². The Morgan fingerprint density at radius 1 is 1.15 bits per heavy atom. The van der Waals surface area contributed by atoms with Crippen LogP contribution in [0.25, 0.3) is 0 Å². The average Bonchev–Trinajstić information content (AvgIpc) is 3.10. The van der Waals surface area contributed by atoms with E-state index in [1.54, 1.807) is 0 Å². The molecule has 1 aliphatic heterocycles. The van der Waals surface area contributed by atoms with Crippen LogP contribution >= 0.6 is 0 Å². The van der Waals surface area contributed by atoms with E-state index in [1.165, 1.54) is 11.6 Å². The molecule has 0 aliphatic carbocycles. The van der Waals surface area contributed by atoms with Gasteiger partial charge in [-0.3, -0.25) is 19.8 Å². The number of amides is 1. The Balaban J connectivity index is 1.51. The molecule has 1 aliphatic rings. The summed E-state index contributed by atoms with van der Waals surface area (Å²) in [6.45, 7) is 7.18. The number of carbonyl (C=O) groups excluding carboxylic acids is 1. The Morgan fingerprint density at radius 2 is 1.78 bits per heavy atom. The van der Waals surface area contributed by atoms with Gasteiger partial charge in [-0.25, -0.2) is 0 Å². The summed E-state index contributed by atoms with van der Waals surface area (Å²) in [4.78, 5) is 24.3. The maximum atomic E-state index is 12.0. The number of hydrogen-bond acceptors (Lipinski definition) is 6. The zero-order chi connectivity index (χ0) is 19.4. The molecule has 2 atom stereocenters. The Kier molecular flexibility index (Phi) is 5.88. The molecule has 0 bridgehead atoms. The number of nitro groups is 1. The second-order valence-electron chi connectivity index (χ2n) is 6.85. The van der Waals surface area contributed by atoms with Crippen molar-refractivity contribution in [2.45, 2.75) is 39.1 Å². The molecule has 2 heterocycles. The SMILES string of the molecule is C[C@H]1CN(Cc2ccc(CNC(=O)c3ccc([N+](=O)[O-])o3)cc2)C[C@H](C)O1. The van der Waals surface area contributed by atoms with Gasteiger partial charge >= 0.3 is 5.88 Å². The average molecular weight is 373 g/mol. The monoisotopic (exact) mass is 373 g/mol. The van der Waals surface area contributed by atoms with Crippen LogP contribution in [-0.4, -0.2) is 41.0 Å². The molecule has 0 radical (unpaired) electrons. The van der Waals surface area contributed by atoms with Crippen LogP contribution < -0.4 is 5.32 Å². The van der Waals surface area contributed by atoms with Crippen LogP contribution in [0.5, 0.6) is 0 Å². The quantitative estimate of drug-likeness (QED) is 0.618. The van der Waals surface area contributed by atoms with Crippen molar-refractivity contribution < 1.29 is 18.9 Å². The van der Waals surface area contributed by atoms with E-state index < -0.39 is 16.7 Å². The highest BCUT2D eigenvalue weighted by Gasteiger charge is 2.22. The molecule has 1 saturated heterocycles. The van der Waals surface area contributed by atoms with Crippen LogP contribution in [-0.2, 0) is 17.8 Å². The number of nitrogens with one attached hydrogen (secondary N) is 1. The van der Waals surface area contributed by atoms with E-state index in [9.17, 15) is 14.9 Å². The Bertz CT molecular complexity index is 792. The van der Waals surface area contributed by atoms with Crippen LogP contribution in [0.15, 0.2) is 40.8 Å². The maximum Gasteiger partial charge on any atom is 0.433 e. The summed E-state index contributed by atoms with van der Waals surface area (Å²) < 4.78 is 10.6. The van der Waals surface area contributed by atoms with Crippen molar-refractivity contribution in [1.82, 2.24) is 10.2 Å². The normalized spacial score (nSPS) is 20.4. The van der Waals surface area contributed by atoms with Crippen molar-refractivity contribution in [1.29, 1.82) is 0 Å². The third-order valence-corrected chi connectivity index (χ3v) is 4.37. The molecule has 1 aromatic carbocycles. The number of morpholine rings is 1. The predicted molar refractivity (Wildman–Crippen MR) is 98.3 cm³/mol. The van der Waals surface area contributed by atoms with E-state index in [-0.39, 0.29) is 18.0 Å². The molecule has 8 nitrogen and oxygen atoms in total. The lowest BCUT2D eigenvalue weighted by Crippen LogP contribution is -2.44. The molecule has 8 heteroatoms. The number of nitrogens with zero attached hydrogens (tertiary/aromatic N) is 2. The van der Waals surface area contributed by atoms with E-state index in [0.29, 0.717) is 6.54 Å². The fourth-order valence-electron chi connectivity index (χ4n) is 3.25. The van der Waals surface area contributed by atoms with Crippen molar-refractivity contribution in [2.75, 3.05) is 13.1 Å². The molecule has 1 N–H and O–H groups in total. The number of ether oxygens (including phenoxy) is 1. The molecule has 144 valence electrons. The van der Waals surface area contributed by atoms with Gasteiger partial charge in [-0.05, 0) is 31.0 Å². The molecule has 1 amide bonds. The summed E-state index contributed by atoms with van der Waals surface area (Å²) in [5.41, 5.74) is 2.14. The van der Waals surface area contributed by atoms with Crippen molar-refractivity contribution in [3.8, 4) is 0 Å². The van der Waals surface area contributed by atoms with Crippen LogP contribution in [0, 0.1) is 10.1 Å². The molecular formula is C19H23N3O5. The van der Waals surface area contributed by atoms with Crippen molar-refractivity contribution in [3.63, 3.8) is 0 Å². The van der Waals surface area contributed by atoms with Crippen LogP contribution in [0.4, 0.5) is 5.88 Å². The molecule has 1 fully saturated rings. The lowest BCUT2D eigenvalue weighted by Gasteiger charge is -2.35. The minimum Gasteiger partial charge on any atom is -0.395 e. The van der Waals surface area contributed by atoms with E-state index in [2.05, 4.69) is 24.1 Å². The smallest absolute Gasteiger partial charge is 0.395 e. The number of benzene rings is 1. The third kappa shape index (κ3) is 5.15. The van der Waals surface area contributed by atoms with Gasteiger partial charge in [0.05, 0.1) is 18.3 Å². The van der Waals surface area contributed by atoms with E-state index in [1.807, 2.05) is 24.3 Å². The van der Waals surface area contributed by atoms with E-state index >= 15 is 0 Å². The van der Waals surface area contributed by atoms with Gasteiger partial charge in [0.15, 0.2) is 5.76 Å². The van der Waals surface area contributed by atoms with Gasteiger partial charge in [0.25, 0.3) is 5.91 Å². The standard InChI is InChI=1S/C19H23N3O5/c1-13-10-21(11-14(2)26-13)12-16-5-3-15(4-6-16)9-20-19(23)17-7-8-18(27-17)22(24)25/h3-8,13-14H,9-12H2,1-2H3,(H,20,23)/t13-,14-/m0/s1. The van der Waals surface area contributed by atoms with Gasteiger partial charge in [-0.1, -0.05) is 24.3 Å². The van der Waals surface area contributed by atoms with Crippen LogP contribution in [0.1, 0.15) is 35.5 Å². The molecule has 0 spiro atoms. The van der Waals surface area contributed by atoms with Crippen LogP contribution in [0.2, 0.25) is 0 Å². The van der Waals surface area contributed by atoms with Gasteiger partial charge in [-0.2, -0.15) is 0 Å². The van der Waals surface area contributed by atoms with Crippen molar-refractivity contribution in [3.05, 3.63) is 63.4 Å². The maximum absolute atomic E-state index is 12.0. The molecule has 1 aromatic heterocycles. The summed E-state index contributed by atoms with van der Waals surface area (Å²) in [6.07, 6.45) is 0.473. The summed E-state index contributed by atoms with van der Waals surface area (Å²) in [6, 6.07) is 10.5. The van der Waals surface area contributed by atoms with Crippen molar-refractivity contribution >= 4 is 11.8 Å². The van der Waals surface area contributed by atoms with Gasteiger partial charge in [-0.15, -0.1) is 0 Å². The molecule has 0 saturated carbocycles. The van der Waals surface area contributed by atoms with E-state index in [0.717, 1.165) is 31.3 Å². The zero-order valence-corrected chi connectivity index (χ0v) is 15.4. The minimum absolute atomic E-state index is 0.0751. The molecule has 0 unspecified atom stereocenters. The zero-order valence-electron chi connectivity index (χ0n) is 15.4. The predicted octanol–water partition coefficient (Wildman–Crippen LogP) is 2.73. The summed E-state index contributed by atoms with van der Waals surface area (Å²) >= 11 is 0. The van der Waals surface area contributed by atoms with Crippen molar-refractivity contribution in [2.24, 2.45) is 0 Å². The topological polar surface area (TPSA) is 97.9 Å². The van der Waals surface area contributed by atoms with Gasteiger partial charge in [0.1, 0.15) is 4.92 Å². The number of furan rings is 1. The van der Waals surface area contributed by atoms with Crippen LogP contribution in [0.3, 0.4) is 0 Å².